The summed E-state index contributed by atoms with van der Waals surface area (Å²) in [7, 11) is 3.33. The number of carbonyl (C=O) groups is 1. The van der Waals surface area contributed by atoms with E-state index in [-0.39, 0.29) is 12.5 Å². The Balaban J connectivity index is 2.57. The topological polar surface area (TPSA) is 61.8 Å². The number of nitrogens with zero attached hydrogens (tertiary/aromatic N) is 1. The largest absolute Gasteiger partial charge is 0.496 e. The van der Waals surface area contributed by atoms with Crippen molar-refractivity contribution in [2.24, 2.45) is 0 Å². The molecule has 0 saturated heterocycles. The highest BCUT2D eigenvalue weighted by molar-refractivity contribution is 5.77. The SMILES string of the molecule is CCN(C)C(=O)CNCC(O)c1cc(C)ccc1OC. The molecule has 1 rings (SSSR count). The molecule has 0 aliphatic heterocycles. The Labute approximate surface area is 120 Å². The van der Waals surface area contributed by atoms with E-state index in [9.17, 15) is 9.90 Å². The Kier molecular flexibility index (Phi) is 6.48. The third kappa shape index (κ3) is 4.51. The number of carbonyl (C=O) groups excluding carboxylic acids is 1. The molecule has 1 aromatic carbocycles. The molecule has 1 unspecified atom stereocenters. The molecule has 112 valence electrons. The zero-order chi connectivity index (χ0) is 15.1. The number of nitrogens with one attached hydrogen (secondary N) is 1. The Hall–Kier alpha value is -1.59. The second-order valence-corrected chi connectivity index (χ2v) is 4.80. The molecule has 0 aromatic heterocycles. The lowest BCUT2D eigenvalue weighted by Gasteiger charge is -2.18. The van der Waals surface area contributed by atoms with Crippen molar-refractivity contribution in [1.82, 2.24) is 10.2 Å². The van der Waals surface area contributed by atoms with Crippen LogP contribution in [0.15, 0.2) is 18.2 Å². The molecular formula is C15H24N2O3. The molecule has 0 aliphatic carbocycles. The van der Waals surface area contributed by atoms with Gasteiger partial charge in [-0.2, -0.15) is 0 Å². The number of rotatable bonds is 7. The lowest BCUT2D eigenvalue weighted by atomic mass is 10.1. The Morgan fingerprint density at radius 2 is 2.20 bits per heavy atom. The van der Waals surface area contributed by atoms with Gasteiger partial charge in [-0.1, -0.05) is 11.6 Å². The smallest absolute Gasteiger partial charge is 0.236 e. The minimum absolute atomic E-state index is 0.0101. The summed E-state index contributed by atoms with van der Waals surface area (Å²) in [6, 6.07) is 5.66. The van der Waals surface area contributed by atoms with Crippen LogP contribution in [0.1, 0.15) is 24.2 Å². The van der Waals surface area contributed by atoms with Gasteiger partial charge < -0.3 is 20.1 Å². The molecule has 0 aliphatic rings. The fourth-order valence-corrected chi connectivity index (χ4v) is 1.85. The van der Waals surface area contributed by atoms with Crippen LogP contribution in [-0.4, -0.2) is 49.7 Å². The second-order valence-electron chi connectivity index (χ2n) is 4.80. The number of likely N-dealkylation sites (N-methyl/N-ethyl adjacent to an activating group) is 1. The summed E-state index contributed by atoms with van der Waals surface area (Å²) < 4.78 is 5.24. The predicted octanol–water partition coefficient (Wildman–Crippen LogP) is 1.10. The van der Waals surface area contributed by atoms with Crippen molar-refractivity contribution in [2.75, 3.05) is 33.8 Å². The van der Waals surface area contributed by atoms with Crippen LogP contribution in [0.5, 0.6) is 5.75 Å². The van der Waals surface area contributed by atoms with Crippen LogP contribution < -0.4 is 10.1 Å². The lowest BCUT2D eigenvalue weighted by molar-refractivity contribution is -0.128. The summed E-state index contributed by atoms with van der Waals surface area (Å²) in [6.45, 7) is 5.08. The number of hydrogen-bond donors (Lipinski definition) is 2. The van der Waals surface area contributed by atoms with Crippen molar-refractivity contribution < 1.29 is 14.6 Å². The predicted molar refractivity (Wildman–Crippen MR) is 78.9 cm³/mol. The van der Waals surface area contributed by atoms with Gasteiger partial charge in [0, 0.05) is 25.7 Å². The van der Waals surface area contributed by atoms with E-state index in [2.05, 4.69) is 5.32 Å². The van der Waals surface area contributed by atoms with Crippen LogP contribution >= 0.6 is 0 Å². The Bertz CT molecular complexity index is 449. The standard InChI is InChI=1S/C15H24N2O3/c1-5-17(3)15(19)10-16-9-13(18)12-8-11(2)6-7-14(12)20-4/h6-8,13,16,18H,5,9-10H2,1-4H3. The molecular weight excluding hydrogens is 256 g/mol. The van der Waals surface area contributed by atoms with Gasteiger partial charge in [0.05, 0.1) is 19.8 Å². The van der Waals surface area contributed by atoms with Crippen LogP contribution in [0, 0.1) is 6.92 Å². The molecule has 0 fully saturated rings. The monoisotopic (exact) mass is 280 g/mol. The molecule has 0 radical (unpaired) electrons. The van der Waals surface area contributed by atoms with Gasteiger partial charge in [-0.3, -0.25) is 4.79 Å². The van der Waals surface area contributed by atoms with Crippen LogP contribution in [0.3, 0.4) is 0 Å². The summed E-state index contributed by atoms with van der Waals surface area (Å²) in [5, 5.41) is 13.2. The van der Waals surface area contributed by atoms with Gasteiger partial charge in [0.1, 0.15) is 5.75 Å². The molecule has 2 N–H and O–H groups in total. The van der Waals surface area contributed by atoms with Crippen LogP contribution in [0.4, 0.5) is 0 Å². The highest BCUT2D eigenvalue weighted by atomic mass is 16.5. The van der Waals surface area contributed by atoms with Crippen molar-refractivity contribution >= 4 is 5.91 Å². The average molecular weight is 280 g/mol. The van der Waals surface area contributed by atoms with Crippen LogP contribution in [-0.2, 0) is 4.79 Å². The van der Waals surface area contributed by atoms with Crippen molar-refractivity contribution in [3.05, 3.63) is 29.3 Å². The summed E-state index contributed by atoms with van der Waals surface area (Å²) in [5.41, 5.74) is 1.79. The third-order valence-electron chi connectivity index (χ3n) is 3.26. The van der Waals surface area contributed by atoms with E-state index in [1.807, 2.05) is 32.0 Å². The molecule has 0 spiro atoms. The first kappa shape index (κ1) is 16.5. The average Bonchev–Trinajstić information content (AvgIpc) is 2.45. The number of hydrogen-bond acceptors (Lipinski definition) is 4. The van der Waals surface area contributed by atoms with Gasteiger partial charge in [-0.25, -0.2) is 0 Å². The van der Waals surface area contributed by atoms with Crippen molar-refractivity contribution in [3.8, 4) is 5.75 Å². The maximum Gasteiger partial charge on any atom is 0.236 e. The first-order valence-electron chi connectivity index (χ1n) is 6.76. The molecule has 1 aromatic rings. The van der Waals surface area contributed by atoms with Crippen molar-refractivity contribution in [1.29, 1.82) is 0 Å². The number of aliphatic hydroxyl groups is 1. The van der Waals surface area contributed by atoms with E-state index >= 15 is 0 Å². The fraction of sp³-hybridized carbons (Fsp3) is 0.533. The minimum atomic E-state index is -0.704. The number of ether oxygens (including phenoxy) is 1. The Morgan fingerprint density at radius 1 is 1.50 bits per heavy atom. The number of aliphatic hydroxyl groups excluding tert-OH is 1. The molecule has 0 heterocycles. The summed E-state index contributed by atoms with van der Waals surface area (Å²) in [5.74, 6) is 0.665. The van der Waals surface area contributed by atoms with E-state index in [0.29, 0.717) is 18.8 Å². The molecule has 0 saturated carbocycles. The number of aryl methyl sites for hydroxylation is 1. The van der Waals surface area contributed by atoms with E-state index in [1.54, 1.807) is 19.1 Å². The van der Waals surface area contributed by atoms with Gasteiger partial charge in [0.2, 0.25) is 5.91 Å². The van der Waals surface area contributed by atoms with Gasteiger partial charge >= 0.3 is 0 Å². The number of methoxy groups -OCH3 is 1. The van der Waals surface area contributed by atoms with E-state index in [1.165, 1.54) is 0 Å². The molecule has 5 nitrogen and oxygen atoms in total. The van der Waals surface area contributed by atoms with Crippen molar-refractivity contribution in [2.45, 2.75) is 20.0 Å². The van der Waals surface area contributed by atoms with E-state index in [4.69, 9.17) is 4.74 Å². The van der Waals surface area contributed by atoms with Gasteiger partial charge in [-0.05, 0) is 26.0 Å². The van der Waals surface area contributed by atoms with Gasteiger partial charge in [-0.15, -0.1) is 0 Å². The first-order chi connectivity index (χ1) is 9.49. The zero-order valence-electron chi connectivity index (χ0n) is 12.6. The quantitative estimate of drug-likeness (QED) is 0.785. The third-order valence-corrected chi connectivity index (χ3v) is 3.26. The van der Waals surface area contributed by atoms with Crippen molar-refractivity contribution in [3.63, 3.8) is 0 Å². The Morgan fingerprint density at radius 3 is 2.80 bits per heavy atom. The highest BCUT2D eigenvalue weighted by Gasteiger charge is 2.14. The van der Waals surface area contributed by atoms with E-state index < -0.39 is 6.10 Å². The molecule has 1 atom stereocenters. The molecule has 0 bridgehead atoms. The van der Waals surface area contributed by atoms with Crippen LogP contribution in [0.25, 0.3) is 0 Å². The minimum Gasteiger partial charge on any atom is -0.496 e. The first-order valence-corrected chi connectivity index (χ1v) is 6.76. The zero-order valence-corrected chi connectivity index (χ0v) is 12.6. The fourth-order valence-electron chi connectivity index (χ4n) is 1.85. The maximum absolute atomic E-state index is 11.6. The molecule has 1 amide bonds. The summed E-state index contributed by atoms with van der Waals surface area (Å²) in [4.78, 5) is 13.3. The summed E-state index contributed by atoms with van der Waals surface area (Å²) in [6.07, 6.45) is -0.704. The normalized spacial score (nSPS) is 12.1. The van der Waals surface area contributed by atoms with E-state index in [0.717, 1.165) is 11.1 Å². The summed E-state index contributed by atoms with van der Waals surface area (Å²) >= 11 is 0. The molecule has 5 heteroatoms. The molecule has 20 heavy (non-hydrogen) atoms. The maximum atomic E-state index is 11.6. The number of benzene rings is 1. The second kappa shape index (κ2) is 7.87. The number of amides is 1. The van der Waals surface area contributed by atoms with Gasteiger partial charge in [0.15, 0.2) is 0 Å². The highest BCUT2D eigenvalue weighted by Crippen LogP contribution is 2.25. The van der Waals surface area contributed by atoms with Crippen LogP contribution in [0.2, 0.25) is 0 Å². The van der Waals surface area contributed by atoms with Gasteiger partial charge in [0.25, 0.3) is 0 Å². The lowest BCUT2D eigenvalue weighted by Crippen LogP contribution is -2.36.